The van der Waals surface area contributed by atoms with Gasteiger partial charge < -0.3 is 10.2 Å². The molecule has 1 amide bonds. The lowest BCUT2D eigenvalue weighted by Crippen LogP contribution is -2.46. The first-order valence-corrected chi connectivity index (χ1v) is 8.21. The van der Waals surface area contributed by atoms with Gasteiger partial charge in [-0.3, -0.25) is 4.79 Å². The van der Waals surface area contributed by atoms with Crippen LogP contribution in [0.2, 0.25) is 0 Å². The van der Waals surface area contributed by atoms with Gasteiger partial charge in [-0.2, -0.15) is 0 Å². The Kier molecular flexibility index (Phi) is 6.67. The quantitative estimate of drug-likeness (QED) is 0.811. The molecule has 1 aliphatic rings. The third-order valence-electron chi connectivity index (χ3n) is 4.57. The average Bonchev–Trinajstić information content (AvgIpc) is 2.65. The highest BCUT2D eigenvalue weighted by Crippen LogP contribution is 2.24. The Balaban J connectivity index is 0.00000243. The van der Waals surface area contributed by atoms with Crippen LogP contribution < -0.4 is 5.32 Å². The van der Waals surface area contributed by atoms with E-state index in [4.69, 9.17) is 0 Å². The van der Waals surface area contributed by atoms with Crippen molar-refractivity contribution in [3.63, 3.8) is 0 Å². The second kappa shape index (κ2) is 8.56. The molecule has 1 fully saturated rings. The van der Waals surface area contributed by atoms with Crippen molar-refractivity contribution in [3.05, 3.63) is 59.4 Å². The standard InChI is InChI=1S/C19H19F3N2O.ClH/c1-23-15-3-2-8-24(11-15)19(25)13-6-4-12(5-7-13)14-9-16(20)18(22)17(21)10-14;/h4-7,9-10,15,23H,2-3,8,11H2,1H3;1H. The summed E-state index contributed by atoms with van der Waals surface area (Å²) in [5.74, 6) is -4.02. The number of benzene rings is 2. The van der Waals surface area contributed by atoms with Crippen LogP contribution in [0.1, 0.15) is 23.2 Å². The fourth-order valence-electron chi connectivity index (χ4n) is 3.11. The lowest BCUT2D eigenvalue weighted by Gasteiger charge is -2.32. The molecular formula is C19H20ClF3N2O. The smallest absolute Gasteiger partial charge is 0.253 e. The molecule has 1 aliphatic heterocycles. The zero-order valence-electron chi connectivity index (χ0n) is 14.3. The number of nitrogens with zero attached hydrogens (tertiary/aromatic N) is 1. The van der Waals surface area contributed by atoms with Crippen LogP contribution in [0.3, 0.4) is 0 Å². The van der Waals surface area contributed by atoms with Crippen LogP contribution >= 0.6 is 12.4 Å². The number of amides is 1. The molecule has 2 aromatic rings. The molecule has 1 saturated heterocycles. The molecule has 0 aliphatic carbocycles. The van der Waals surface area contributed by atoms with E-state index in [0.29, 0.717) is 30.3 Å². The van der Waals surface area contributed by atoms with Gasteiger partial charge in [0.2, 0.25) is 0 Å². The van der Waals surface area contributed by atoms with Crippen LogP contribution in [0, 0.1) is 17.5 Å². The van der Waals surface area contributed by atoms with E-state index in [1.165, 1.54) is 0 Å². The zero-order chi connectivity index (χ0) is 18.0. The van der Waals surface area contributed by atoms with Crippen molar-refractivity contribution < 1.29 is 18.0 Å². The first-order chi connectivity index (χ1) is 12.0. The molecule has 2 aromatic carbocycles. The summed E-state index contributed by atoms with van der Waals surface area (Å²) in [6.07, 6.45) is 1.99. The molecule has 0 aromatic heterocycles. The van der Waals surface area contributed by atoms with Gasteiger partial charge in [-0.1, -0.05) is 12.1 Å². The molecular weight excluding hydrogens is 365 g/mol. The Hall–Kier alpha value is -2.05. The van der Waals surface area contributed by atoms with Crippen LogP contribution in [0.15, 0.2) is 36.4 Å². The van der Waals surface area contributed by atoms with Crippen molar-refractivity contribution in [2.75, 3.05) is 20.1 Å². The number of carbonyl (C=O) groups is 1. The molecule has 0 radical (unpaired) electrons. The van der Waals surface area contributed by atoms with Crippen LogP contribution in [-0.4, -0.2) is 37.0 Å². The highest BCUT2D eigenvalue weighted by Gasteiger charge is 2.23. The maximum absolute atomic E-state index is 13.4. The van der Waals surface area contributed by atoms with Gasteiger partial charge in [0.05, 0.1) is 0 Å². The number of likely N-dealkylation sites (N-methyl/N-ethyl adjacent to an activating group) is 1. The summed E-state index contributed by atoms with van der Waals surface area (Å²) in [7, 11) is 1.88. The number of carbonyl (C=O) groups excluding carboxylic acids is 1. The summed E-state index contributed by atoms with van der Waals surface area (Å²) in [5.41, 5.74) is 1.26. The van der Waals surface area contributed by atoms with Gasteiger partial charge in [-0.25, -0.2) is 13.2 Å². The van der Waals surface area contributed by atoms with Crippen LogP contribution in [0.5, 0.6) is 0 Å². The van der Waals surface area contributed by atoms with Crippen molar-refractivity contribution in [3.8, 4) is 11.1 Å². The normalized spacial score (nSPS) is 16.9. The first kappa shape index (κ1) is 20.3. The van der Waals surface area contributed by atoms with Crippen molar-refractivity contribution in [2.45, 2.75) is 18.9 Å². The number of rotatable bonds is 3. The third-order valence-corrected chi connectivity index (χ3v) is 4.57. The van der Waals surface area contributed by atoms with E-state index in [1.54, 1.807) is 29.2 Å². The maximum atomic E-state index is 13.4. The monoisotopic (exact) mass is 384 g/mol. The number of nitrogens with one attached hydrogen (secondary N) is 1. The Morgan fingerprint density at radius 1 is 1.08 bits per heavy atom. The van der Waals surface area contributed by atoms with Crippen molar-refractivity contribution in [1.29, 1.82) is 0 Å². The zero-order valence-corrected chi connectivity index (χ0v) is 15.1. The number of piperidine rings is 1. The highest BCUT2D eigenvalue weighted by atomic mass is 35.5. The average molecular weight is 385 g/mol. The van der Waals surface area contributed by atoms with E-state index in [2.05, 4.69) is 5.32 Å². The molecule has 1 unspecified atom stereocenters. The molecule has 0 spiro atoms. The van der Waals surface area contributed by atoms with Crippen LogP contribution in [0.25, 0.3) is 11.1 Å². The number of halogens is 4. The van der Waals surface area contributed by atoms with Crippen LogP contribution in [0.4, 0.5) is 13.2 Å². The highest BCUT2D eigenvalue weighted by molar-refractivity contribution is 5.94. The molecule has 1 atom stereocenters. The van der Waals surface area contributed by atoms with Crippen molar-refractivity contribution >= 4 is 18.3 Å². The molecule has 7 heteroatoms. The lowest BCUT2D eigenvalue weighted by molar-refractivity contribution is 0.0698. The van der Waals surface area contributed by atoms with E-state index < -0.39 is 17.5 Å². The Bertz CT molecular complexity index is 760. The minimum Gasteiger partial charge on any atom is -0.337 e. The van der Waals surface area contributed by atoms with Gasteiger partial charge in [0, 0.05) is 24.7 Å². The summed E-state index contributed by atoms with van der Waals surface area (Å²) in [5, 5.41) is 3.19. The summed E-state index contributed by atoms with van der Waals surface area (Å²) >= 11 is 0. The Morgan fingerprint density at radius 2 is 1.69 bits per heavy atom. The molecule has 3 rings (SSSR count). The molecule has 1 N–H and O–H groups in total. The minimum absolute atomic E-state index is 0. The first-order valence-electron chi connectivity index (χ1n) is 8.21. The van der Waals surface area contributed by atoms with E-state index >= 15 is 0 Å². The fourth-order valence-corrected chi connectivity index (χ4v) is 3.11. The Labute approximate surface area is 156 Å². The SMILES string of the molecule is CNC1CCCN(C(=O)c2ccc(-c3cc(F)c(F)c(F)c3)cc2)C1.Cl. The van der Waals surface area contributed by atoms with Crippen molar-refractivity contribution in [1.82, 2.24) is 10.2 Å². The summed E-state index contributed by atoms with van der Waals surface area (Å²) in [4.78, 5) is 14.4. The van der Waals surface area contributed by atoms with Crippen LogP contribution in [-0.2, 0) is 0 Å². The number of hydrogen-bond acceptors (Lipinski definition) is 2. The van der Waals surface area contributed by atoms with Gasteiger partial charge in [0.1, 0.15) is 0 Å². The second-order valence-electron chi connectivity index (χ2n) is 6.21. The van der Waals surface area contributed by atoms with E-state index in [-0.39, 0.29) is 23.9 Å². The predicted octanol–water partition coefficient (Wildman–Crippen LogP) is 4.02. The summed E-state index contributed by atoms with van der Waals surface area (Å²) < 4.78 is 39.8. The summed E-state index contributed by atoms with van der Waals surface area (Å²) in [6.45, 7) is 1.37. The van der Waals surface area contributed by atoms with E-state index in [9.17, 15) is 18.0 Å². The molecule has 0 bridgehead atoms. The molecule has 140 valence electrons. The number of likely N-dealkylation sites (tertiary alicyclic amines) is 1. The van der Waals surface area contributed by atoms with Gasteiger partial charge in [0.25, 0.3) is 5.91 Å². The van der Waals surface area contributed by atoms with Gasteiger partial charge in [-0.15, -0.1) is 12.4 Å². The minimum atomic E-state index is -1.49. The molecule has 3 nitrogen and oxygen atoms in total. The molecule has 0 saturated carbocycles. The van der Waals surface area contributed by atoms with Crippen molar-refractivity contribution in [2.24, 2.45) is 0 Å². The fraction of sp³-hybridized carbons (Fsp3) is 0.316. The third kappa shape index (κ3) is 4.19. The summed E-state index contributed by atoms with van der Waals surface area (Å²) in [6, 6.07) is 8.65. The topological polar surface area (TPSA) is 32.3 Å². The maximum Gasteiger partial charge on any atom is 0.253 e. The largest absolute Gasteiger partial charge is 0.337 e. The predicted molar refractivity (Wildman–Crippen MR) is 97.0 cm³/mol. The Morgan fingerprint density at radius 3 is 2.27 bits per heavy atom. The molecule has 1 heterocycles. The van der Waals surface area contributed by atoms with Gasteiger partial charge in [0.15, 0.2) is 17.5 Å². The molecule has 26 heavy (non-hydrogen) atoms. The van der Waals surface area contributed by atoms with E-state index in [0.717, 1.165) is 25.0 Å². The van der Waals surface area contributed by atoms with Gasteiger partial charge >= 0.3 is 0 Å². The second-order valence-corrected chi connectivity index (χ2v) is 6.21. The number of hydrogen-bond donors (Lipinski definition) is 1. The lowest BCUT2D eigenvalue weighted by atomic mass is 10.0. The van der Waals surface area contributed by atoms with Gasteiger partial charge in [-0.05, 0) is 55.3 Å². The van der Waals surface area contributed by atoms with E-state index in [1.807, 2.05) is 7.05 Å².